The molecule has 2 saturated carbocycles. The summed E-state index contributed by atoms with van der Waals surface area (Å²) in [6, 6.07) is 1.43. The third kappa shape index (κ3) is 3.48. The quantitative estimate of drug-likeness (QED) is 0.826. The number of rotatable bonds is 4. The van der Waals surface area contributed by atoms with Crippen molar-refractivity contribution in [1.29, 1.82) is 0 Å². The van der Waals surface area contributed by atoms with Crippen LogP contribution in [0.3, 0.4) is 0 Å². The molecule has 0 bridgehead atoms. The zero-order valence-electron chi connectivity index (χ0n) is 12.8. The SMILES string of the molecule is CNC1CCC(C)(C)CC1N(C)CC1CCCC1. The molecule has 2 atom stereocenters. The van der Waals surface area contributed by atoms with E-state index in [0.29, 0.717) is 11.5 Å². The summed E-state index contributed by atoms with van der Waals surface area (Å²) in [5.74, 6) is 0.970. The monoisotopic (exact) mass is 252 g/mol. The molecule has 2 aliphatic rings. The van der Waals surface area contributed by atoms with Crippen LogP contribution in [0.2, 0.25) is 0 Å². The van der Waals surface area contributed by atoms with E-state index < -0.39 is 0 Å². The molecule has 106 valence electrons. The van der Waals surface area contributed by atoms with Crippen LogP contribution in [0.1, 0.15) is 58.8 Å². The van der Waals surface area contributed by atoms with Gasteiger partial charge >= 0.3 is 0 Å². The van der Waals surface area contributed by atoms with Crippen LogP contribution in [-0.4, -0.2) is 37.6 Å². The second-order valence-electron chi connectivity index (χ2n) is 7.46. The van der Waals surface area contributed by atoms with Gasteiger partial charge in [-0.2, -0.15) is 0 Å². The second kappa shape index (κ2) is 5.92. The van der Waals surface area contributed by atoms with Crippen molar-refractivity contribution in [2.75, 3.05) is 20.6 Å². The van der Waals surface area contributed by atoms with Crippen molar-refractivity contribution in [3.05, 3.63) is 0 Å². The lowest BCUT2D eigenvalue weighted by Gasteiger charge is -2.45. The highest BCUT2D eigenvalue weighted by Crippen LogP contribution is 2.38. The van der Waals surface area contributed by atoms with Gasteiger partial charge in [0.05, 0.1) is 0 Å². The molecule has 2 fully saturated rings. The first-order valence-electron chi connectivity index (χ1n) is 7.89. The predicted octanol–water partition coefficient (Wildman–Crippen LogP) is 3.28. The fourth-order valence-corrected chi connectivity index (χ4v) is 4.08. The van der Waals surface area contributed by atoms with Crippen LogP contribution < -0.4 is 5.32 Å². The molecule has 0 aromatic heterocycles. The lowest BCUT2D eigenvalue weighted by Crippen LogP contribution is -2.53. The van der Waals surface area contributed by atoms with E-state index in [2.05, 4.69) is 38.2 Å². The minimum absolute atomic E-state index is 0.530. The van der Waals surface area contributed by atoms with Crippen molar-refractivity contribution in [1.82, 2.24) is 10.2 Å². The van der Waals surface area contributed by atoms with E-state index in [1.807, 2.05) is 0 Å². The first-order valence-corrected chi connectivity index (χ1v) is 7.89. The molecule has 0 radical (unpaired) electrons. The largest absolute Gasteiger partial charge is 0.315 e. The van der Waals surface area contributed by atoms with Crippen molar-refractivity contribution < 1.29 is 0 Å². The molecule has 0 spiro atoms. The van der Waals surface area contributed by atoms with E-state index in [9.17, 15) is 0 Å². The lowest BCUT2D eigenvalue weighted by molar-refractivity contribution is 0.0751. The normalized spacial score (nSPS) is 33.2. The lowest BCUT2D eigenvalue weighted by atomic mass is 9.72. The molecular weight excluding hydrogens is 220 g/mol. The molecule has 2 nitrogen and oxygen atoms in total. The van der Waals surface area contributed by atoms with Crippen LogP contribution in [0.15, 0.2) is 0 Å². The Morgan fingerprint density at radius 3 is 2.44 bits per heavy atom. The second-order valence-corrected chi connectivity index (χ2v) is 7.46. The fourth-order valence-electron chi connectivity index (χ4n) is 4.08. The van der Waals surface area contributed by atoms with E-state index in [-0.39, 0.29) is 0 Å². The Bertz CT molecular complexity index is 256. The van der Waals surface area contributed by atoms with E-state index >= 15 is 0 Å². The van der Waals surface area contributed by atoms with E-state index in [1.165, 1.54) is 51.5 Å². The van der Waals surface area contributed by atoms with E-state index in [0.717, 1.165) is 12.0 Å². The summed E-state index contributed by atoms with van der Waals surface area (Å²) in [5.41, 5.74) is 0.530. The Kier molecular flexibility index (Phi) is 4.71. The zero-order valence-corrected chi connectivity index (χ0v) is 12.8. The smallest absolute Gasteiger partial charge is 0.0251 e. The molecule has 0 amide bonds. The van der Waals surface area contributed by atoms with Crippen LogP contribution >= 0.6 is 0 Å². The fraction of sp³-hybridized carbons (Fsp3) is 1.00. The first kappa shape index (κ1) is 14.3. The summed E-state index contributed by atoms with van der Waals surface area (Å²) in [4.78, 5) is 2.66. The Balaban J connectivity index is 1.93. The summed E-state index contributed by atoms with van der Waals surface area (Å²) in [7, 11) is 4.49. The summed E-state index contributed by atoms with van der Waals surface area (Å²) in [5, 5.41) is 3.56. The Morgan fingerprint density at radius 1 is 1.17 bits per heavy atom. The standard InChI is InChI=1S/C16H32N2/c1-16(2)10-9-14(17-3)15(11-16)18(4)12-13-7-5-6-8-13/h13-15,17H,5-12H2,1-4H3. The molecule has 0 saturated heterocycles. The van der Waals surface area contributed by atoms with Gasteiger partial charge in [-0.3, -0.25) is 0 Å². The van der Waals surface area contributed by atoms with Gasteiger partial charge in [-0.25, -0.2) is 0 Å². The van der Waals surface area contributed by atoms with Gasteiger partial charge < -0.3 is 10.2 Å². The van der Waals surface area contributed by atoms with Gasteiger partial charge in [-0.15, -0.1) is 0 Å². The van der Waals surface area contributed by atoms with Gasteiger partial charge in [-0.1, -0.05) is 26.7 Å². The molecule has 2 aliphatic carbocycles. The zero-order chi connectivity index (χ0) is 13.2. The minimum atomic E-state index is 0.530. The summed E-state index contributed by atoms with van der Waals surface area (Å²) < 4.78 is 0. The summed E-state index contributed by atoms with van der Waals surface area (Å²) in [6.07, 6.45) is 9.90. The highest BCUT2D eigenvalue weighted by molar-refractivity contribution is 4.93. The molecule has 0 aromatic carbocycles. The van der Waals surface area contributed by atoms with E-state index in [1.54, 1.807) is 0 Å². The first-order chi connectivity index (χ1) is 8.52. The van der Waals surface area contributed by atoms with E-state index in [4.69, 9.17) is 0 Å². The maximum Gasteiger partial charge on any atom is 0.0251 e. The average Bonchev–Trinajstić information content (AvgIpc) is 2.80. The van der Waals surface area contributed by atoms with Gasteiger partial charge in [-0.05, 0) is 57.5 Å². The van der Waals surface area contributed by atoms with Gasteiger partial charge in [0, 0.05) is 18.6 Å². The van der Waals surface area contributed by atoms with Crippen LogP contribution in [0.25, 0.3) is 0 Å². The van der Waals surface area contributed by atoms with Crippen molar-refractivity contribution in [2.24, 2.45) is 11.3 Å². The Morgan fingerprint density at radius 2 is 1.83 bits per heavy atom. The topological polar surface area (TPSA) is 15.3 Å². The van der Waals surface area contributed by atoms with Crippen molar-refractivity contribution >= 4 is 0 Å². The molecule has 2 rings (SSSR count). The third-order valence-corrected chi connectivity index (χ3v) is 5.32. The molecule has 2 heteroatoms. The number of likely N-dealkylation sites (N-methyl/N-ethyl adjacent to an activating group) is 2. The van der Waals surface area contributed by atoms with Gasteiger partial charge in [0.25, 0.3) is 0 Å². The molecule has 0 aromatic rings. The maximum absolute atomic E-state index is 3.56. The molecule has 0 heterocycles. The van der Waals surface area contributed by atoms with Crippen LogP contribution in [0.4, 0.5) is 0 Å². The highest BCUT2D eigenvalue weighted by atomic mass is 15.2. The van der Waals surface area contributed by atoms with Crippen molar-refractivity contribution in [3.63, 3.8) is 0 Å². The number of nitrogens with one attached hydrogen (secondary N) is 1. The Labute approximate surface area is 114 Å². The maximum atomic E-state index is 3.56. The predicted molar refractivity (Wildman–Crippen MR) is 78.9 cm³/mol. The molecule has 18 heavy (non-hydrogen) atoms. The summed E-state index contributed by atoms with van der Waals surface area (Å²) in [6.45, 7) is 6.20. The van der Waals surface area contributed by atoms with Crippen LogP contribution in [0.5, 0.6) is 0 Å². The summed E-state index contributed by atoms with van der Waals surface area (Å²) >= 11 is 0. The highest BCUT2D eigenvalue weighted by Gasteiger charge is 2.36. The molecular formula is C16H32N2. The molecule has 0 aliphatic heterocycles. The van der Waals surface area contributed by atoms with Gasteiger partial charge in [0.2, 0.25) is 0 Å². The molecule has 2 unspecified atom stereocenters. The van der Waals surface area contributed by atoms with Crippen LogP contribution in [0, 0.1) is 11.3 Å². The van der Waals surface area contributed by atoms with Crippen molar-refractivity contribution in [3.8, 4) is 0 Å². The molecule has 1 N–H and O–H groups in total. The van der Waals surface area contributed by atoms with Gasteiger partial charge in [0.1, 0.15) is 0 Å². The average molecular weight is 252 g/mol. The third-order valence-electron chi connectivity index (χ3n) is 5.32. The van der Waals surface area contributed by atoms with Crippen LogP contribution in [-0.2, 0) is 0 Å². The Hall–Kier alpha value is -0.0800. The minimum Gasteiger partial charge on any atom is -0.315 e. The number of hydrogen-bond donors (Lipinski definition) is 1. The number of hydrogen-bond acceptors (Lipinski definition) is 2. The van der Waals surface area contributed by atoms with Crippen molar-refractivity contribution in [2.45, 2.75) is 70.9 Å². The number of nitrogens with zero attached hydrogens (tertiary/aromatic N) is 1. The van der Waals surface area contributed by atoms with Gasteiger partial charge in [0.15, 0.2) is 0 Å².